The van der Waals surface area contributed by atoms with Crippen LogP contribution in [0.4, 0.5) is 5.00 Å². The lowest BCUT2D eigenvalue weighted by Gasteiger charge is -2.12. The average molecular weight is 315 g/mol. The Kier molecular flexibility index (Phi) is 7.78. The van der Waals surface area contributed by atoms with Crippen LogP contribution in [0.2, 0.25) is 0 Å². The number of unbranched alkanes of at least 4 members (excludes halogenated alkanes) is 2. The number of aliphatic hydroxyl groups is 1. The Hall–Kier alpha value is -1.60. The summed E-state index contributed by atoms with van der Waals surface area (Å²) < 4.78 is 0. The van der Waals surface area contributed by atoms with Crippen molar-refractivity contribution in [1.82, 2.24) is 0 Å². The minimum atomic E-state index is -1.05. The first-order valence-electron chi connectivity index (χ1n) is 6.93. The molecule has 1 rings (SSSR count). The first kappa shape index (κ1) is 17.5. The normalized spacial score (nSPS) is 12.0. The van der Waals surface area contributed by atoms with E-state index in [0.29, 0.717) is 0 Å². The van der Waals surface area contributed by atoms with Crippen LogP contribution < -0.4 is 5.32 Å². The molecule has 0 saturated carbocycles. The number of carbonyl (C=O) groups is 2. The van der Waals surface area contributed by atoms with Crippen molar-refractivity contribution in [3.63, 3.8) is 0 Å². The van der Waals surface area contributed by atoms with Gasteiger partial charge in [-0.3, -0.25) is 4.79 Å². The lowest BCUT2D eigenvalue weighted by Crippen LogP contribution is -2.29. The van der Waals surface area contributed by atoms with Gasteiger partial charge in [0.05, 0.1) is 5.00 Å². The van der Waals surface area contributed by atoms with Crippen LogP contribution in [0.1, 0.15) is 37.0 Å². The highest BCUT2D eigenvalue weighted by atomic mass is 32.1. The van der Waals surface area contributed by atoms with Crippen molar-refractivity contribution < 1.29 is 24.9 Å². The molecule has 1 aromatic heterocycles. The standard InChI is InChI=1S/C14H21NO5S/c16-9-3-1-2-4-10-5-7-12(21-10)15-11(14(19)20)6-8-13(17)18/h5,7,11,15-16H,1-4,6,8-9H2,(H,17,18)(H,19,20)/t11-/m0/s1. The molecule has 0 fully saturated rings. The Morgan fingerprint density at radius 2 is 1.95 bits per heavy atom. The lowest BCUT2D eigenvalue weighted by molar-refractivity contribution is -0.139. The molecule has 0 amide bonds. The molecule has 0 saturated heterocycles. The molecule has 0 unspecified atom stereocenters. The predicted molar refractivity (Wildman–Crippen MR) is 80.9 cm³/mol. The number of hydrogen-bond acceptors (Lipinski definition) is 5. The molecule has 6 nitrogen and oxygen atoms in total. The van der Waals surface area contributed by atoms with Gasteiger partial charge >= 0.3 is 11.9 Å². The first-order chi connectivity index (χ1) is 10.0. The van der Waals surface area contributed by atoms with Gasteiger partial charge in [0.2, 0.25) is 0 Å². The van der Waals surface area contributed by atoms with Gasteiger partial charge < -0.3 is 20.6 Å². The number of rotatable bonds is 11. The van der Waals surface area contributed by atoms with E-state index in [4.69, 9.17) is 15.3 Å². The molecule has 0 aromatic carbocycles. The van der Waals surface area contributed by atoms with Gasteiger partial charge in [-0.05, 0) is 37.8 Å². The van der Waals surface area contributed by atoms with Gasteiger partial charge in [-0.1, -0.05) is 6.42 Å². The molecular weight excluding hydrogens is 294 g/mol. The SMILES string of the molecule is O=C(O)CC[C@H](Nc1ccc(CCCCCO)s1)C(=O)O. The van der Waals surface area contributed by atoms with E-state index in [1.165, 1.54) is 11.3 Å². The number of hydrogen-bond donors (Lipinski definition) is 4. The molecule has 0 aliphatic rings. The van der Waals surface area contributed by atoms with E-state index in [0.717, 1.165) is 35.6 Å². The summed E-state index contributed by atoms with van der Waals surface area (Å²) in [5.74, 6) is -2.05. The van der Waals surface area contributed by atoms with Crippen LogP contribution in [0.15, 0.2) is 12.1 Å². The largest absolute Gasteiger partial charge is 0.481 e. The summed E-state index contributed by atoms with van der Waals surface area (Å²) in [5.41, 5.74) is 0. The number of carboxylic acids is 2. The van der Waals surface area contributed by atoms with Crippen LogP contribution in [0, 0.1) is 0 Å². The maximum absolute atomic E-state index is 11.1. The summed E-state index contributed by atoms with van der Waals surface area (Å²) in [6.07, 6.45) is 3.53. The Morgan fingerprint density at radius 1 is 1.19 bits per heavy atom. The third kappa shape index (κ3) is 7.10. The molecule has 0 aliphatic carbocycles. The number of aliphatic hydroxyl groups excluding tert-OH is 1. The van der Waals surface area contributed by atoms with Gasteiger partial charge in [0.1, 0.15) is 6.04 Å². The maximum atomic E-state index is 11.1. The molecule has 118 valence electrons. The monoisotopic (exact) mass is 315 g/mol. The third-order valence-corrected chi connectivity index (χ3v) is 4.08. The van der Waals surface area contributed by atoms with E-state index in [1.807, 2.05) is 12.1 Å². The van der Waals surface area contributed by atoms with E-state index in [9.17, 15) is 9.59 Å². The second-order valence-electron chi connectivity index (χ2n) is 4.77. The van der Waals surface area contributed by atoms with Crippen molar-refractivity contribution in [2.75, 3.05) is 11.9 Å². The summed E-state index contributed by atoms with van der Waals surface area (Å²) in [6, 6.07) is 2.88. The van der Waals surface area contributed by atoms with Gasteiger partial charge in [-0.15, -0.1) is 11.3 Å². The van der Waals surface area contributed by atoms with Gasteiger partial charge in [-0.2, -0.15) is 0 Å². The first-order valence-corrected chi connectivity index (χ1v) is 7.75. The van der Waals surface area contributed by atoms with Gasteiger partial charge in [0, 0.05) is 17.9 Å². The Balaban J connectivity index is 2.46. The molecular formula is C14H21NO5S. The number of nitrogens with one attached hydrogen (secondary N) is 1. The minimum Gasteiger partial charge on any atom is -0.481 e. The van der Waals surface area contributed by atoms with Crippen LogP contribution in [0.5, 0.6) is 0 Å². The quantitative estimate of drug-likeness (QED) is 0.466. The topological polar surface area (TPSA) is 107 Å². The van der Waals surface area contributed by atoms with Crippen LogP contribution in [-0.4, -0.2) is 39.9 Å². The van der Waals surface area contributed by atoms with Crippen molar-refractivity contribution in [2.45, 2.75) is 44.6 Å². The molecule has 0 radical (unpaired) electrons. The predicted octanol–water partition coefficient (Wildman–Crippen LogP) is 2.18. The molecule has 1 atom stereocenters. The Labute approximate surface area is 127 Å². The fraction of sp³-hybridized carbons (Fsp3) is 0.571. The van der Waals surface area contributed by atoms with E-state index in [2.05, 4.69) is 5.32 Å². The Bertz CT molecular complexity index is 460. The summed E-state index contributed by atoms with van der Waals surface area (Å²) in [5, 5.41) is 30.0. The molecule has 0 bridgehead atoms. The van der Waals surface area contributed by atoms with E-state index >= 15 is 0 Å². The second-order valence-corrected chi connectivity index (χ2v) is 5.94. The van der Waals surface area contributed by atoms with E-state index < -0.39 is 18.0 Å². The number of aliphatic carboxylic acids is 2. The van der Waals surface area contributed by atoms with Gasteiger partial charge in [-0.25, -0.2) is 4.79 Å². The Morgan fingerprint density at radius 3 is 2.57 bits per heavy atom. The highest BCUT2D eigenvalue weighted by molar-refractivity contribution is 7.16. The minimum absolute atomic E-state index is 0.0500. The molecule has 7 heteroatoms. The van der Waals surface area contributed by atoms with E-state index in [1.54, 1.807) is 0 Å². The van der Waals surface area contributed by atoms with Crippen molar-refractivity contribution >= 4 is 28.3 Å². The second kappa shape index (κ2) is 9.36. The third-order valence-electron chi connectivity index (χ3n) is 3.00. The highest BCUT2D eigenvalue weighted by Gasteiger charge is 2.19. The molecule has 0 spiro atoms. The molecule has 21 heavy (non-hydrogen) atoms. The number of thiophene rings is 1. The maximum Gasteiger partial charge on any atom is 0.326 e. The van der Waals surface area contributed by atoms with Crippen molar-refractivity contribution in [3.8, 4) is 0 Å². The van der Waals surface area contributed by atoms with Gasteiger partial charge in [0.15, 0.2) is 0 Å². The van der Waals surface area contributed by atoms with Crippen LogP contribution in [-0.2, 0) is 16.0 Å². The number of aryl methyl sites for hydroxylation is 1. The van der Waals surface area contributed by atoms with Crippen molar-refractivity contribution in [2.24, 2.45) is 0 Å². The summed E-state index contributed by atoms with van der Waals surface area (Å²) in [7, 11) is 0. The summed E-state index contributed by atoms with van der Waals surface area (Å²) in [4.78, 5) is 22.8. The summed E-state index contributed by atoms with van der Waals surface area (Å²) >= 11 is 1.49. The fourth-order valence-electron chi connectivity index (χ4n) is 1.87. The summed E-state index contributed by atoms with van der Waals surface area (Å²) in [6.45, 7) is 0.209. The number of anilines is 1. The van der Waals surface area contributed by atoms with Crippen LogP contribution >= 0.6 is 11.3 Å². The fourth-order valence-corrected chi connectivity index (χ4v) is 2.88. The van der Waals surface area contributed by atoms with Crippen molar-refractivity contribution in [3.05, 3.63) is 17.0 Å². The zero-order valence-corrected chi connectivity index (χ0v) is 12.6. The van der Waals surface area contributed by atoms with Gasteiger partial charge in [0.25, 0.3) is 0 Å². The average Bonchev–Trinajstić information content (AvgIpc) is 2.86. The van der Waals surface area contributed by atoms with Crippen molar-refractivity contribution in [1.29, 1.82) is 0 Å². The smallest absolute Gasteiger partial charge is 0.326 e. The zero-order valence-electron chi connectivity index (χ0n) is 11.7. The lowest BCUT2D eigenvalue weighted by atomic mass is 10.1. The zero-order chi connectivity index (χ0) is 15.7. The molecule has 1 heterocycles. The van der Waals surface area contributed by atoms with Crippen LogP contribution in [0.3, 0.4) is 0 Å². The highest BCUT2D eigenvalue weighted by Crippen LogP contribution is 2.25. The molecule has 4 N–H and O–H groups in total. The van der Waals surface area contributed by atoms with E-state index in [-0.39, 0.29) is 19.4 Å². The van der Waals surface area contributed by atoms with Crippen LogP contribution in [0.25, 0.3) is 0 Å². The number of carboxylic acid groups (broad SMARTS) is 2. The molecule has 0 aliphatic heterocycles. The molecule has 1 aromatic rings.